The van der Waals surface area contributed by atoms with E-state index >= 15 is 0 Å². The quantitative estimate of drug-likeness (QED) is 0.260. The third-order valence-corrected chi connectivity index (χ3v) is 8.58. The number of ether oxygens (including phenoxy) is 1. The third-order valence-electron chi connectivity index (χ3n) is 7.35. The lowest BCUT2D eigenvalue weighted by atomic mass is 10.0. The normalized spacial score (nSPS) is 14.0. The van der Waals surface area contributed by atoms with Gasteiger partial charge in [-0.2, -0.15) is 8.42 Å². The van der Waals surface area contributed by atoms with Gasteiger partial charge in [0, 0.05) is 17.8 Å². The SMILES string of the molecule is Cc1cc(C)c(Oc2nc(-c3cccc(CN4CCCCC4)c3)ccc2C(=O)NS(=O)(=O)c2cccc(C)n2)c(C)c1. The summed E-state index contributed by atoms with van der Waals surface area (Å²) in [6, 6.07) is 20.1. The molecule has 1 aliphatic heterocycles. The van der Waals surface area contributed by atoms with Crippen molar-refractivity contribution in [2.45, 2.75) is 58.5 Å². The molecule has 1 saturated heterocycles. The fourth-order valence-electron chi connectivity index (χ4n) is 5.38. The highest BCUT2D eigenvalue weighted by atomic mass is 32.2. The fraction of sp³-hybridized carbons (Fsp3) is 0.303. The van der Waals surface area contributed by atoms with Crippen LogP contribution in [0.4, 0.5) is 0 Å². The van der Waals surface area contributed by atoms with Gasteiger partial charge in [0.25, 0.3) is 15.9 Å². The zero-order valence-electron chi connectivity index (χ0n) is 24.5. The number of carbonyl (C=O) groups is 1. The van der Waals surface area contributed by atoms with Crippen LogP contribution in [0.1, 0.15) is 57.6 Å². The topological polar surface area (TPSA) is 101 Å². The summed E-state index contributed by atoms with van der Waals surface area (Å²) >= 11 is 0. The molecule has 0 aliphatic carbocycles. The van der Waals surface area contributed by atoms with E-state index in [4.69, 9.17) is 9.72 Å². The van der Waals surface area contributed by atoms with Crippen molar-refractivity contribution in [2.24, 2.45) is 0 Å². The van der Waals surface area contributed by atoms with Gasteiger partial charge in [0.15, 0.2) is 5.03 Å². The lowest BCUT2D eigenvalue weighted by Gasteiger charge is -2.26. The van der Waals surface area contributed by atoms with Crippen molar-refractivity contribution in [3.8, 4) is 22.9 Å². The Hall–Kier alpha value is -4.08. The van der Waals surface area contributed by atoms with Gasteiger partial charge < -0.3 is 4.74 Å². The van der Waals surface area contributed by atoms with Gasteiger partial charge >= 0.3 is 0 Å². The predicted octanol–water partition coefficient (Wildman–Crippen LogP) is 6.27. The standard InChI is InChI=1S/C33H36N4O4S/c1-22-18-23(2)31(24(3)19-22)41-33-28(32(38)36-42(39,40)30-13-8-10-25(4)34-30)14-15-29(35-33)27-12-9-11-26(20-27)21-37-16-6-5-7-17-37/h8-15,18-20H,5-7,16-17,21H2,1-4H3,(H,36,38). The summed E-state index contributed by atoms with van der Waals surface area (Å²) in [5, 5.41) is -0.237. The Bertz CT molecular complexity index is 1710. The van der Waals surface area contributed by atoms with Crippen LogP contribution in [0.3, 0.4) is 0 Å². The van der Waals surface area contributed by atoms with Gasteiger partial charge in [-0.25, -0.2) is 14.7 Å². The summed E-state index contributed by atoms with van der Waals surface area (Å²) in [4.78, 5) is 24.7. The molecule has 42 heavy (non-hydrogen) atoms. The van der Waals surface area contributed by atoms with Crippen LogP contribution >= 0.6 is 0 Å². The number of likely N-dealkylation sites (tertiary alicyclic amines) is 1. The largest absolute Gasteiger partial charge is 0.438 e. The predicted molar refractivity (Wildman–Crippen MR) is 163 cm³/mol. The molecule has 0 saturated carbocycles. The molecule has 2 aromatic heterocycles. The van der Waals surface area contributed by atoms with Crippen molar-refractivity contribution in [1.82, 2.24) is 19.6 Å². The number of aromatic nitrogens is 2. The molecular weight excluding hydrogens is 548 g/mol. The molecule has 0 unspecified atom stereocenters. The Morgan fingerprint density at radius 1 is 0.881 bits per heavy atom. The number of benzene rings is 2. The summed E-state index contributed by atoms with van der Waals surface area (Å²) in [7, 11) is -4.22. The highest BCUT2D eigenvalue weighted by molar-refractivity contribution is 7.90. The molecule has 4 aromatic rings. The molecule has 0 spiro atoms. The summed E-state index contributed by atoms with van der Waals surface area (Å²) in [6.07, 6.45) is 3.73. The second-order valence-corrected chi connectivity index (χ2v) is 12.6. The molecule has 2 aromatic carbocycles. The second kappa shape index (κ2) is 12.4. The van der Waals surface area contributed by atoms with Gasteiger partial charge in [-0.3, -0.25) is 9.69 Å². The van der Waals surface area contributed by atoms with E-state index in [1.54, 1.807) is 31.2 Å². The lowest BCUT2D eigenvalue weighted by molar-refractivity contribution is 0.0978. The molecule has 8 nitrogen and oxygen atoms in total. The number of nitrogens with one attached hydrogen (secondary N) is 1. The van der Waals surface area contributed by atoms with Crippen LogP contribution < -0.4 is 9.46 Å². The molecule has 0 radical (unpaired) electrons. The number of sulfonamides is 1. The molecule has 1 amide bonds. The number of amides is 1. The van der Waals surface area contributed by atoms with Gasteiger partial charge in [-0.15, -0.1) is 0 Å². The molecule has 5 rings (SSSR count). The molecule has 0 bridgehead atoms. The average Bonchev–Trinajstić information content (AvgIpc) is 2.95. The first-order valence-electron chi connectivity index (χ1n) is 14.2. The van der Waals surface area contributed by atoms with Crippen molar-refractivity contribution in [3.63, 3.8) is 0 Å². The number of hydrogen-bond donors (Lipinski definition) is 1. The van der Waals surface area contributed by atoms with Crippen LogP contribution in [0, 0.1) is 27.7 Å². The van der Waals surface area contributed by atoms with Gasteiger partial charge in [0.05, 0.1) is 5.69 Å². The van der Waals surface area contributed by atoms with Gasteiger partial charge in [-0.05, 0) is 101 Å². The van der Waals surface area contributed by atoms with Crippen molar-refractivity contribution < 1.29 is 17.9 Å². The molecule has 1 aliphatic rings. The Morgan fingerprint density at radius 2 is 1.60 bits per heavy atom. The Balaban J connectivity index is 1.51. The minimum Gasteiger partial charge on any atom is -0.438 e. The maximum Gasteiger partial charge on any atom is 0.281 e. The van der Waals surface area contributed by atoms with E-state index in [2.05, 4.69) is 26.7 Å². The number of hydrogen-bond acceptors (Lipinski definition) is 7. The number of pyridine rings is 2. The zero-order chi connectivity index (χ0) is 29.9. The van der Waals surface area contributed by atoms with Gasteiger partial charge in [0.1, 0.15) is 11.3 Å². The smallest absolute Gasteiger partial charge is 0.281 e. The van der Waals surface area contributed by atoms with E-state index in [0.29, 0.717) is 17.1 Å². The van der Waals surface area contributed by atoms with Crippen molar-refractivity contribution in [2.75, 3.05) is 13.1 Å². The Kier molecular flexibility index (Phi) is 8.70. The maximum absolute atomic E-state index is 13.4. The van der Waals surface area contributed by atoms with Crippen molar-refractivity contribution in [3.05, 3.63) is 100 Å². The first-order valence-corrected chi connectivity index (χ1v) is 15.7. The minimum atomic E-state index is -4.22. The molecular formula is C33H36N4O4S. The molecule has 3 heterocycles. The average molecular weight is 585 g/mol. The third kappa shape index (κ3) is 6.86. The van der Waals surface area contributed by atoms with Crippen LogP contribution in [0.5, 0.6) is 11.6 Å². The van der Waals surface area contributed by atoms with Crippen LogP contribution in [-0.2, 0) is 16.6 Å². The van der Waals surface area contributed by atoms with Crippen LogP contribution in [0.25, 0.3) is 11.3 Å². The maximum atomic E-state index is 13.4. The van der Waals surface area contributed by atoms with E-state index in [1.807, 2.05) is 45.0 Å². The number of nitrogens with zero attached hydrogens (tertiary/aromatic N) is 3. The van der Waals surface area contributed by atoms with Crippen LogP contribution in [0.2, 0.25) is 0 Å². The summed E-state index contributed by atoms with van der Waals surface area (Å²) in [5.41, 5.74) is 6.05. The van der Waals surface area contributed by atoms with E-state index < -0.39 is 15.9 Å². The summed E-state index contributed by atoms with van der Waals surface area (Å²) < 4.78 is 34.5. The minimum absolute atomic E-state index is 0.00109. The lowest BCUT2D eigenvalue weighted by Crippen LogP contribution is -2.31. The van der Waals surface area contributed by atoms with Crippen molar-refractivity contribution in [1.29, 1.82) is 0 Å². The Morgan fingerprint density at radius 3 is 2.31 bits per heavy atom. The van der Waals surface area contributed by atoms with E-state index in [9.17, 15) is 13.2 Å². The number of aryl methyl sites for hydroxylation is 4. The van der Waals surface area contributed by atoms with E-state index in [0.717, 1.165) is 41.9 Å². The number of carbonyl (C=O) groups excluding carboxylic acids is 1. The first kappa shape index (κ1) is 29.4. The van der Waals surface area contributed by atoms with Crippen LogP contribution in [-0.4, -0.2) is 42.3 Å². The number of piperidine rings is 1. The molecule has 218 valence electrons. The monoisotopic (exact) mass is 584 g/mol. The van der Waals surface area contributed by atoms with Gasteiger partial charge in [-0.1, -0.05) is 48.4 Å². The second-order valence-electron chi connectivity index (χ2n) is 11.0. The molecule has 9 heteroatoms. The summed E-state index contributed by atoms with van der Waals surface area (Å²) in [5.74, 6) is -0.260. The van der Waals surface area contributed by atoms with E-state index in [1.165, 1.54) is 30.9 Å². The van der Waals surface area contributed by atoms with Gasteiger partial charge in [0.2, 0.25) is 5.88 Å². The molecule has 1 fully saturated rings. The molecule has 0 atom stereocenters. The summed E-state index contributed by atoms with van der Waals surface area (Å²) in [6.45, 7) is 10.6. The first-order chi connectivity index (χ1) is 20.1. The van der Waals surface area contributed by atoms with Crippen molar-refractivity contribution >= 4 is 15.9 Å². The van der Waals surface area contributed by atoms with E-state index in [-0.39, 0.29) is 16.5 Å². The highest BCUT2D eigenvalue weighted by Crippen LogP contribution is 2.33. The Labute approximate surface area is 247 Å². The zero-order valence-corrected chi connectivity index (χ0v) is 25.3. The molecule has 1 N–H and O–H groups in total. The number of rotatable bonds is 8. The van der Waals surface area contributed by atoms with Crippen LogP contribution in [0.15, 0.2) is 71.8 Å². The highest BCUT2D eigenvalue weighted by Gasteiger charge is 2.25. The fourth-order valence-corrected chi connectivity index (χ4v) is 6.36.